The van der Waals surface area contributed by atoms with Crippen molar-refractivity contribution >= 4 is 35.9 Å². The van der Waals surface area contributed by atoms with Crippen LogP contribution >= 0.6 is 24.0 Å². The minimum atomic E-state index is -4.58. The van der Waals surface area contributed by atoms with Crippen molar-refractivity contribution in [3.63, 3.8) is 0 Å². The predicted molar refractivity (Wildman–Crippen MR) is 85.1 cm³/mol. The Morgan fingerprint density at radius 2 is 1.78 bits per heavy atom. The fraction of sp³-hybridized carbons (Fsp3) is 0.429. The summed E-state index contributed by atoms with van der Waals surface area (Å²) in [6.07, 6.45) is -1.23. The minimum Gasteiger partial charge on any atom is -0.370 e. The number of hydrogen-bond donors (Lipinski definition) is 2. The molecule has 1 amide bonds. The maximum absolute atomic E-state index is 13.1. The molecule has 1 saturated carbocycles. The van der Waals surface area contributed by atoms with Crippen LogP contribution in [0.3, 0.4) is 0 Å². The van der Waals surface area contributed by atoms with Gasteiger partial charge in [-0.2, -0.15) is 18.2 Å². The molecule has 1 fully saturated rings. The Bertz CT molecular complexity index is 622. The molecule has 0 saturated heterocycles. The molecule has 9 heteroatoms. The van der Waals surface area contributed by atoms with E-state index < -0.39 is 23.6 Å². The van der Waals surface area contributed by atoms with Crippen LogP contribution in [0.1, 0.15) is 53.1 Å². The van der Waals surface area contributed by atoms with Crippen LogP contribution in [0.4, 0.5) is 13.2 Å². The number of carbonyl (C=O) groups is 1. The Morgan fingerprint density at radius 3 is 2.26 bits per heavy atom. The third-order valence-electron chi connectivity index (χ3n) is 3.68. The molecule has 1 aliphatic rings. The fourth-order valence-electron chi connectivity index (χ4n) is 2.68. The molecule has 0 radical (unpaired) electrons. The maximum Gasteiger partial charge on any atom is 0.416 e. The molecular formula is C14H16Cl2F3N3O. The summed E-state index contributed by atoms with van der Waals surface area (Å²) in [5, 5.41) is -0.00472. The van der Waals surface area contributed by atoms with Crippen LogP contribution in [0, 0.1) is 0 Å². The molecule has 0 spiro atoms. The number of amides is 1. The van der Waals surface area contributed by atoms with Gasteiger partial charge in [0.1, 0.15) is 0 Å². The van der Waals surface area contributed by atoms with E-state index in [9.17, 15) is 18.0 Å². The van der Waals surface area contributed by atoms with E-state index in [1.54, 1.807) is 0 Å². The van der Waals surface area contributed by atoms with E-state index in [2.05, 4.69) is 4.99 Å². The average Bonchev–Trinajstić information content (AvgIpc) is 2.90. The Balaban J connectivity index is 0.00000264. The Labute approximate surface area is 142 Å². The smallest absolute Gasteiger partial charge is 0.370 e. The van der Waals surface area contributed by atoms with Gasteiger partial charge in [0.25, 0.3) is 5.91 Å². The summed E-state index contributed by atoms with van der Waals surface area (Å²) >= 11 is 6.15. The summed E-state index contributed by atoms with van der Waals surface area (Å²) in [6, 6.07) is 1.71. The monoisotopic (exact) mass is 369 g/mol. The van der Waals surface area contributed by atoms with Crippen molar-refractivity contribution in [1.82, 2.24) is 0 Å². The third-order valence-corrected chi connectivity index (χ3v) is 4.11. The number of nitrogens with two attached hydrogens (primary N) is 2. The molecule has 1 aromatic carbocycles. The molecule has 1 aromatic rings. The summed E-state index contributed by atoms with van der Waals surface area (Å²) in [5.74, 6) is -1.59. The van der Waals surface area contributed by atoms with Gasteiger partial charge in [-0.3, -0.25) is 4.79 Å². The first-order valence-corrected chi connectivity index (χ1v) is 7.12. The number of hydrogen-bond acceptors (Lipinski definition) is 1. The lowest BCUT2D eigenvalue weighted by Crippen LogP contribution is -2.24. The highest BCUT2D eigenvalue weighted by molar-refractivity contribution is 6.35. The zero-order valence-corrected chi connectivity index (χ0v) is 13.6. The van der Waals surface area contributed by atoms with Crippen molar-refractivity contribution in [1.29, 1.82) is 0 Å². The fourth-order valence-corrected chi connectivity index (χ4v) is 3.02. The molecule has 4 nitrogen and oxygen atoms in total. The molecule has 1 aliphatic carbocycles. The van der Waals surface area contributed by atoms with Crippen LogP contribution in [0.15, 0.2) is 17.1 Å². The maximum atomic E-state index is 13.1. The largest absolute Gasteiger partial charge is 0.416 e. The zero-order valence-electron chi connectivity index (χ0n) is 12.0. The van der Waals surface area contributed by atoms with E-state index in [0.29, 0.717) is 11.6 Å². The number of carbonyl (C=O) groups excluding carboxylic acids is 1. The number of guanidine groups is 1. The number of alkyl halides is 3. The summed E-state index contributed by atoms with van der Waals surface area (Å²) in [5.41, 5.74) is 9.30. The summed E-state index contributed by atoms with van der Waals surface area (Å²) in [4.78, 5) is 15.2. The molecule has 128 valence electrons. The summed E-state index contributed by atoms with van der Waals surface area (Å²) < 4.78 is 39.2. The molecule has 0 bridgehead atoms. The van der Waals surface area contributed by atoms with Gasteiger partial charge in [0.15, 0.2) is 5.96 Å². The average molecular weight is 370 g/mol. The number of halogens is 5. The van der Waals surface area contributed by atoms with Crippen molar-refractivity contribution in [2.45, 2.75) is 37.8 Å². The van der Waals surface area contributed by atoms with Gasteiger partial charge in [0, 0.05) is 0 Å². The second-order valence-electron chi connectivity index (χ2n) is 5.25. The van der Waals surface area contributed by atoms with E-state index in [0.717, 1.165) is 31.7 Å². The first-order chi connectivity index (χ1) is 10.2. The summed E-state index contributed by atoms with van der Waals surface area (Å²) in [6.45, 7) is 0. The Hall–Kier alpha value is -1.47. The molecule has 0 unspecified atom stereocenters. The lowest BCUT2D eigenvalue weighted by molar-refractivity contribution is -0.137. The van der Waals surface area contributed by atoms with Gasteiger partial charge in [0.05, 0.1) is 16.1 Å². The molecule has 0 atom stereocenters. The van der Waals surface area contributed by atoms with Gasteiger partial charge >= 0.3 is 6.18 Å². The van der Waals surface area contributed by atoms with E-state index in [4.69, 9.17) is 23.1 Å². The van der Waals surface area contributed by atoms with E-state index in [1.165, 1.54) is 0 Å². The highest BCUT2D eigenvalue weighted by Crippen LogP contribution is 2.42. The van der Waals surface area contributed by atoms with E-state index >= 15 is 0 Å². The standard InChI is InChI=1S/C14H15ClF3N3O.ClH/c15-11-9(7-3-1-2-4-7)5-8(14(16,17)18)6-10(11)12(22)21-13(19)20;/h5-7H,1-4H2,(H4,19,20,21,22);1H. The quantitative estimate of drug-likeness (QED) is 0.613. The van der Waals surface area contributed by atoms with Crippen LogP contribution in [-0.4, -0.2) is 11.9 Å². The molecule has 0 heterocycles. The molecule has 2 rings (SSSR count). The van der Waals surface area contributed by atoms with Crippen molar-refractivity contribution in [3.05, 3.63) is 33.8 Å². The third kappa shape index (κ3) is 4.51. The summed E-state index contributed by atoms with van der Waals surface area (Å²) in [7, 11) is 0. The van der Waals surface area contributed by atoms with Crippen LogP contribution in [0.2, 0.25) is 5.02 Å². The van der Waals surface area contributed by atoms with E-state index in [-0.39, 0.29) is 28.9 Å². The van der Waals surface area contributed by atoms with E-state index in [1.807, 2.05) is 0 Å². The first kappa shape index (κ1) is 19.6. The first-order valence-electron chi connectivity index (χ1n) is 6.74. The van der Waals surface area contributed by atoms with Gasteiger partial charge < -0.3 is 11.5 Å². The molecule has 0 aromatic heterocycles. The number of aliphatic imine (C=N–C) groups is 1. The highest BCUT2D eigenvalue weighted by atomic mass is 35.5. The lowest BCUT2D eigenvalue weighted by atomic mass is 9.93. The van der Waals surface area contributed by atoms with Crippen molar-refractivity contribution in [3.8, 4) is 0 Å². The molecular weight excluding hydrogens is 354 g/mol. The van der Waals surface area contributed by atoms with Crippen molar-refractivity contribution in [2.75, 3.05) is 0 Å². The Morgan fingerprint density at radius 1 is 1.22 bits per heavy atom. The van der Waals surface area contributed by atoms with Gasteiger partial charge in [0.2, 0.25) is 0 Å². The predicted octanol–water partition coefficient (Wildman–Crippen LogP) is 3.85. The van der Waals surface area contributed by atoms with Gasteiger partial charge in [-0.25, -0.2) is 0 Å². The lowest BCUT2D eigenvalue weighted by Gasteiger charge is -2.17. The second-order valence-corrected chi connectivity index (χ2v) is 5.63. The second kappa shape index (κ2) is 7.40. The zero-order chi connectivity index (χ0) is 16.5. The molecule has 0 aliphatic heterocycles. The topological polar surface area (TPSA) is 81.5 Å². The van der Waals surface area contributed by atoms with Crippen molar-refractivity contribution in [2.24, 2.45) is 16.5 Å². The van der Waals surface area contributed by atoms with Gasteiger partial charge in [-0.1, -0.05) is 24.4 Å². The number of nitrogens with zero attached hydrogens (tertiary/aromatic N) is 1. The van der Waals surface area contributed by atoms with Crippen LogP contribution in [0.5, 0.6) is 0 Å². The van der Waals surface area contributed by atoms with Crippen LogP contribution in [0.25, 0.3) is 0 Å². The number of rotatable bonds is 2. The normalized spacial score (nSPS) is 15.1. The number of benzene rings is 1. The SMILES string of the molecule is Cl.NC(N)=NC(=O)c1cc(C(F)(F)F)cc(C2CCCC2)c1Cl. The Kier molecular flexibility index (Phi) is 6.30. The molecule has 4 N–H and O–H groups in total. The highest BCUT2D eigenvalue weighted by Gasteiger charge is 2.34. The van der Waals surface area contributed by atoms with Crippen LogP contribution < -0.4 is 11.5 Å². The minimum absolute atomic E-state index is 0. The van der Waals surface area contributed by atoms with Gasteiger partial charge in [-0.15, -0.1) is 12.4 Å². The van der Waals surface area contributed by atoms with Crippen molar-refractivity contribution < 1.29 is 18.0 Å². The molecule has 23 heavy (non-hydrogen) atoms. The van der Waals surface area contributed by atoms with Crippen LogP contribution in [-0.2, 0) is 6.18 Å². The van der Waals surface area contributed by atoms with Gasteiger partial charge in [-0.05, 0) is 36.5 Å².